The minimum absolute atomic E-state index is 0.0895. The summed E-state index contributed by atoms with van der Waals surface area (Å²) in [6, 6.07) is 22.7. The first kappa shape index (κ1) is 22.1. The fraction of sp³-hybridized carbons (Fsp3) is 0.231. The highest BCUT2D eigenvalue weighted by atomic mass is 16.5. The molecule has 0 saturated carbocycles. The van der Waals surface area contributed by atoms with E-state index in [1.807, 2.05) is 55.5 Å². The fourth-order valence-electron chi connectivity index (χ4n) is 3.25. The number of nitrogens with one attached hydrogen (secondary N) is 2. The van der Waals surface area contributed by atoms with Crippen LogP contribution in [-0.2, 0) is 16.0 Å². The Morgan fingerprint density at radius 1 is 0.839 bits per heavy atom. The normalized spacial score (nSPS) is 10.6. The molecule has 5 nitrogen and oxygen atoms in total. The fourth-order valence-corrected chi connectivity index (χ4v) is 3.25. The van der Waals surface area contributed by atoms with E-state index in [1.54, 1.807) is 24.3 Å². The van der Waals surface area contributed by atoms with Crippen LogP contribution in [0.15, 0.2) is 72.8 Å². The Kier molecular flexibility index (Phi) is 7.44. The second-order valence-electron chi connectivity index (χ2n) is 7.82. The van der Waals surface area contributed by atoms with Gasteiger partial charge in [-0.05, 0) is 53.8 Å². The summed E-state index contributed by atoms with van der Waals surface area (Å²) in [7, 11) is 0. The van der Waals surface area contributed by atoms with Crippen molar-refractivity contribution in [3.8, 4) is 5.75 Å². The SMILES string of the molecule is Cc1ccc(C(C)C)c(OCC(=O)Nc2cccc(NC(=O)Cc3ccccc3)c2)c1. The first-order valence-electron chi connectivity index (χ1n) is 10.4. The third kappa shape index (κ3) is 6.71. The van der Waals surface area contributed by atoms with Gasteiger partial charge in [0.2, 0.25) is 5.91 Å². The van der Waals surface area contributed by atoms with Crippen LogP contribution in [-0.4, -0.2) is 18.4 Å². The topological polar surface area (TPSA) is 67.4 Å². The van der Waals surface area contributed by atoms with Crippen molar-refractivity contribution in [3.05, 3.63) is 89.5 Å². The third-order valence-electron chi connectivity index (χ3n) is 4.79. The molecule has 3 rings (SSSR count). The lowest BCUT2D eigenvalue weighted by molar-refractivity contribution is -0.118. The molecule has 0 bridgehead atoms. The number of aryl methyl sites for hydroxylation is 1. The molecule has 0 spiro atoms. The molecule has 0 unspecified atom stereocenters. The van der Waals surface area contributed by atoms with Crippen LogP contribution in [0.25, 0.3) is 0 Å². The number of benzene rings is 3. The van der Waals surface area contributed by atoms with Crippen LogP contribution in [0.5, 0.6) is 5.75 Å². The molecular formula is C26H28N2O3. The maximum absolute atomic E-state index is 12.4. The van der Waals surface area contributed by atoms with Crippen molar-refractivity contribution in [1.82, 2.24) is 0 Å². The summed E-state index contributed by atoms with van der Waals surface area (Å²) >= 11 is 0. The summed E-state index contributed by atoms with van der Waals surface area (Å²) < 4.78 is 5.79. The Morgan fingerprint density at radius 3 is 2.19 bits per heavy atom. The van der Waals surface area contributed by atoms with Gasteiger partial charge in [0.1, 0.15) is 5.75 Å². The van der Waals surface area contributed by atoms with Crippen LogP contribution < -0.4 is 15.4 Å². The Morgan fingerprint density at radius 2 is 1.52 bits per heavy atom. The molecule has 0 radical (unpaired) electrons. The third-order valence-corrected chi connectivity index (χ3v) is 4.79. The lowest BCUT2D eigenvalue weighted by atomic mass is 10.0. The largest absolute Gasteiger partial charge is 0.483 e. The van der Waals surface area contributed by atoms with Crippen molar-refractivity contribution in [2.45, 2.75) is 33.1 Å². The van der Waals surface area contributed by atoms with E-state index in [1.165, 1.54) is 0 Å². The molecule has 2 amide bonds. The predicted octanol–water partition coefficient (Wildman–Crippen LogP) is 5.32. The number of anilines is 2. The summed E-state index contributed by atoms with van der Waals surface area (Å²) in [5.74, 6) is 0.657. The minimum atomic E-state index is -0.260. The number of hydrogen-bond acceptors (Lipinski definition) is 3. The van der Waals surface area contributed by atoms with Gasteiger partial charge >= 0.3 is 0 Å². The quantitative estimate of drug-likeness (QED) is 0.522. The monoisotopic (exact) mass is 416 g/mol. The molecule has 0 heterocycles. The molecule has 2 N–H and O–H groups in total. The second-order valence-corrected chi connectivity index (χ2v) is 7.82. The zero-order valence-corrected chi connectivity index (χ0v) is 18.1. The summed E-state index contributed by atoms with van der Waals surface area (Å²) in [5, 5.41) is 5.69. The zero-order valence-electron chi connectivity index (χ0n) is 18.1. The average Bonchev–Trinajstić information content (AvgIpc) is 2.73. The number of rotatable bonds is 8. The lowest BCUT2D eigenvalue weighted by Gasteiger charge is -2.15. The molecule has 0 saturated heterocycles. The van der Waals surface area contributed by atoms with Gasteiger partial charge in [0, 0.05) is 11.4 Å². The first-order valence-corrected chi connectivity index (χ1v) is 10.4. The number of amides is 2. The highest BCUT2D eigenvalue weighted by molar-refractivity contribution is 5.95. The van der Waals surface area contributed by atoms with E-state index in [2.05, 4.69) is 24.5 Å². The Labute approximate surface area is 183 Å². The van der Waals surface area contributed by atoms with Crippen molar-refractivity contribution >= 4 is 23.2 Å². The minimum Gasteiger partial charge on any atom is -0.483 e. The van der Waals surface area contributed by atoms with Gasteiger partial charge in [0.05, 0.1) is 6.42 Å². The van der Waals surface area contributed by atoms with Crippen molar-refractivity contribution in [2.24, 2.45) is 0 Å². The molecule has 3 aromatic rings. The second kappa shape index (κ2) is 10.4. The van der Waals surface area contributed by atoms with Crippen LogP contribution in [0.2, 0.25) is 0 Å². The molecule has 3 aromatic carbocycles. The van der Waals surface area contributed by atoms with E-state index < -0.39 is 0 Å². The van der Waals surface area contributed by atoms with Crippen molar-refractivity contribution in [3.63, 3.8) is 0 Å². The van der Waals surface area contributed by atoms with E-state index >= 15 is 0 Å². The molecule has 0 atom stereocenters. The summed E-state index contributed by atoms with van der Waals surface area (Å²) in [4.78, 5) is 24.7. The van der Waals surface area contributed by atoms with Crippen LogP contribution in [0.3, 0.4) is 0 Å². The van der Waals surface area contributed by atoms with Gasteiger partial charge in [-0.2, -0.15) is 0 Å². The highest BCUT2D eigenvalue weighted by Crippen LogP contribution is 2.27. The van der Waals surface area contributed by atoms with E-state index in [0.717, 1.165) is 22.4 Å². The molecule has 0 aliphatic rings. The Hall–Kier alpha value is -3.60. The van der Waals surface area contributed by atoms with Crippen LogP contribution in [0, 0.1) is 6.92 Å². The number of carbonyl (C=O) groups excluding carboxylic acids is 2. The standard InChI is InChI=1S/C26H28N2O3/c1-18(2)23-13-12-19(3)14-24(23)31-17-26(30)28-22-11-7-10-21(16-22)27-25(29)15-20-8-5-4-6-9-20/h4-14,16,18H,15,17H2,1-3H3,(H,27,29)(H,28,30). The maximum Gasteiger partial charge on any atom is 0.262 e. The van der Waals surface area contributed by atoms with Crippen molar-refractivity contribution in [1.29, 1.82) is 0 Å². The van der Waals surface area contributed by atoms with Gasteiger partial charge in [-0.1, -0.05) is 62.4 Å². The van der Waals surface area contributed by atoms with Crippen molar-refractivity contribution < 1.29 is 14.3 Å². The highest BCUT2D eigenvalue weighted by Gasteiger charge is 2.11. The van der Waals surface area contributed by atoms with E-state index in [-0.39, 0.29) is 18.4 Å². The number of carbonyl (C=O) groups is 2. The molecule has 5 heteroatoms. The summed E-state index contributed by atoms with van der Waals surface area (Å²) in [6.07, 6.45) is 0.292. The molecular weight excluding hydrogens is 388 g/mol. The van der Waals surface area contributed by atoms with Gasteiger partial charge in [-0.15, -0.1) is 0 Å². The molecule has 31 heavy (non-hydrogen) atoms. The summed E-state index contributed by atoms with van der Waals surface area (Å²) in [5.41, 5.74) is 4.32. The van der Waals surface area contributed by atoms with Crippen molar-refractivity contribution in [2.75, 3.05) is 17.2 Å². The van der Waals surface area contributed by atoms with Gasteiger partial charge < -0.3 is 15.4 Å². The van der Waals surface area contributed by atoms with Gasteiger partial charge in [0.25, 0.3) is 5.91 Å². The summed E-state index contributed by atoms with van der Waals surface area (Å²) in [6.45, 7) is 6.09. The Bertz CT molecular complexity index is 1050. The van der Waals surface area contributed by atoms with Gasteiger partial charge in [0.15, 0.2) is 6.61 Å². The molecule has 0 aromatic heterocycles. The molecule has 0 aliphatic carbocycles. The molecule has 160 valence electrons. The number of hydrogen-bond donors (Lipinski definition) is 2. The molecule has 0 fully saturated rings. The Balaban J connectivity index is 1.56. The van der Waals surface area contributed by atoms with Crippen LogP contribution in [0.1, 0.15) is 36.5 Å². The lowest BCUT2D eigenvalue weighted by Crippen LogP contribution is -2.21. The van der Waals surface area contributed by atoms with E-state index in [0.29, 0.717) is 23.7 Å². The van der Waals surface area contributed by atoms with Gasteiger partial charge in [-0.3, -0.25) is 9.59 Å². The van der Waals surface area contributed by atoms with Crippen LogP contribution >= 0.6 is 0 Å². The first-order chi connectivity index (χ1) is 14.9. The van der Waals surface area contributed by atoms with Crippen LogP contribution in [0.4, 0.5) is 11.4 Å². The van der Waals surface area contributed by atoms with E-state index in [9.17, 15) is 9.59 Å². The zero-order chi connectivity index (χ0) is 22.2. The molecule has 0 aliphatic heterocycles. The predicted molar refractivity (Wildman–Crippen MR) is 125 cm³/mol. The average molecular weight is 417 g/mol. The number of ether oxygens (including phenoxy) is 1. The van der Waals surface area contributed by atoms with E-state index in [4.69, 9.17) is 4.74 Å². The van der Waals surface area contributed by atoms with Gasteiger partial charge in [-0.25, -0.2) is 0 Å². The smallest absolute Gasteiger partial charge is 0.262 e. The maximum atomic E-state index is 12.4.